The third-order valence-corrected chi connectivity index (χ3v) is 3.23. The van der Waals surface area contributed by atoms with Crippen LogP contribution in [0.15, 0.2) is 36.4 Å². The van der Waals surface area contributed by atoms with Gasteiger partial charge < -0.3 is 10.4 Å². The number of rotatable bonds is 4. The van der Waals surface area contributed by atoms with Gasteiger partial charge in [0.05, 0.1) is 5.56 Å². The molecule has 0 saturated heterocycles. The Kier molecular flexibility index (Phi) is 4.21. The van der Waals surface area contributed by atoms with Gasteiger partial charge in [-0.15, -0.1) is 0 Å². The minimum Gasteiger partial charge on any atom is -0.478 e. The van der Waals surface area contributed by atoms with Crippen LogP contribution in [-0.2, 0) is 0 Å². The molecule has 2 aromatic rings. The Hall–Kier alpha value is -2.43. The molecule has 0 saturated carbocycles. The van der Waals surface area contributed by atoms with Gasteiger partial charge >= 0.3 is 5.97 Å². The van der Waals surface area contributed by atoms with Crippen LogP contribution < -0.4 is 5.32 Å². The molecule has 2 N–H and O–H groups in total. The van der Waals surface area contributed by atoms with E-state index >= 15 is 0 Å². The van der Waals surface area contributed by atoms with E-state index in [1.807, 2.05) is 31.2 Å². The van der Waals surface area contributed by atoms with E-state index in [0.717, 1.165) is 23.3 Å². The maximum Gasteiger partial charge on any atom is 0.335 e. The molecule has 0 aliphatic rings. The number of aromatic carboxylic acids is 1. The van der Waals surface area contributed by atoms with Crippen molar-refractivity contribution in [2.75, 3.05) is 5.32 Å². The Morgan fingerprint density at radius 1 is 1.14 bits per heavy atom. The minimum atomic E-state index is -1.37. The summed E-state index contributed by atoms with van der Waals surface area (Å²) in [5.41, 5.74) is 1.22. The quantitative estimate of drug-likeness (QED) is 0.890. The van der Waals surface area contributed by atoms with Crippen LogP contribution >= 0.6 is 0 Å². The number of hydrogen-bond acceptors (Lipinski definition) is 2. The van der Waals surface area contributed by atoms with Crippen molar-refractivity contribution in [1.29, 1.82) is 0 Å². The molecule has 0 bridgehead atoms. The van der Waals surface area contributed by atoms with Crippen LogP contribution in [0.2, 0.25) is 0 Å². The summed E-state index contributed by atoms with van der Waals surface area (Å²) in [5.74, 6) is -3.22. The Balaban J connectivity index is 2.27. The molecule has 0 spiro atoms. The van der Waals surface area contributed by atoms with Crippen LogP contribution in [-0.4, -0.2) is 11.1 Å². The predicted octanol–water partition coefficient (Wildman–Crippen LogP) is 4.14. The summed E-state index contributed by atoms with van der Waals surface area (Å²) in [6.45, 7) is 3.72. The molecule has 0 aliphatic heterocycles. The van der Waals surface area contributed by atoms with Crippen molar-refractivity contribution in [1.82, 2.24) is 0 Å². The van der Waals surface area contributed by atoms with Gasteiger partial charge in [0.25, 0.3) is 0 Å². The van der Waals surface area contributed by atoms with Gasteiger partial charge in [0.1, 0.15) is 17.3 Å². The van der Waals surface area contributed by atoms with Gasteiger partial charge in [0, 0.05) is 6.04 Å². The van der Waals surface area contributed by atoms with Crippen molar-refractivity contribution in [3.05, 3.63) is 64.7 Å². The lowest BCUT2D eigenvalue weighted by Crippen LogP contribution is -2.11. The molecule has 0 aliphatic carbocycles. The third kappa shape index (κ3) is 3.37. The number of aryl methyl sites for hydroxylation is 1. The maximum atomic E-state index is 13.8. The van der Waals surface area contributed by atoms with Gasteiger partial charge in [0.2, 0.25) is 0 Å². The molecule has 2 aromatic carbocycles. The summed E-state index contributed by atoms with van der Waals surface area (Å²) in [4.78, 5) is 10.7. The Labute approximate surface area is 121 Å². The number of carbonyl (C=O) groups is 1. The molecule has 2 rings (SSSR count). The molecule has 0 amide bonds. The van der Waals surface area contributed by atoms with E-state index in [2.05, 4.69) is 5.32 Å². The summed E-state index contributed by atoms with van der Waals surface area (Å²) in [7, 11) is 0. The average Bonchev–Trinajstić information content (AvgIpc) is 2.43. The van der Waals surface area contributed by atoms with Crippen LogP contribution in [0.5, 0.6) is 0 Å². The molecule has 0 radical (unpaired) electrons. The van der Waals surface area contributed by atoms with E-state index in [0.29, 0.717) is 0 Å². The Bertz CT molecular complexity index is 645. The molecule has 1 unspecified atom stereocenters. The fraction of sp³-hybridized carbons (Fsp3) is 0.188. The molecule has 21 heavy (non-hydrogen) atoms. The summed E-state index contributed by atoms with van der Waals surface area (Å²) >= 11 is 0. The van der Waals surface area contributed by atoms with Crippen molar-refractivity contribution in [3.8, 4) is 0 Å². The zero-order chi connectivity index (χ0) is 15.6. The van der Waals surface area contributed by atoms with E-state index in [9.17, 15) is 13.6 Å². The van der Waals surface area contributed by atoms with Crippen LogP contribution in [0.4, 0.5) is 14.5 Å². The van der Waals surface area contributed by atoms with Gasteiger partial charge in [-0.3, -0.25) is 0 Å². The molecule has 1 atom stereocenters. The second-order valence-corrected chi connectivity index (χ2v) is 4.90. The fourth-order valence-corrected chi connectivity index (χ4v) is 1.99. The first-order valence-corrected chi connectivity index (χ1v) is 6.44. The van der Waals surface area contributed by atoms with E-state index in [-0.39, 0.29) is 11.7 Å². The summed E-state index contributed by atoms with van der Waals surface area (Å²) in [6.07, 6.45) is 0. The van der Waals surface area contributed by atoms with Crippen LogP contribution in [0.3, 0.4) is 0 Å². The summed E-state index contributed by atoms with van der Waals surface area (Å²) in [6, 6.07) is 8.85. The number of halogens is 2. The maximum absolute atomic E-state index is 13.8. The SMILES string of the molecule is Cc1ccc(C(C)Nc2c(F)cc(C(=O)O)cc2F)cc1. The Morgan fingerprint density at radius 2 is 1.67 bits per heavy atom. The van der Waals surface area contributed by atoms with Gasteiger partial charge in [-0.1, -0.05) is 29.8 Å². The van der Waals surface area contributed by atoms with Gasteiger partial charge in [-0.25, -0.2) is 13.6 Å². The van der Waals surface area contributed by atoms with Crippen LogP contribution in [0.25, 0.3) is 0 Å². The van der Waals surface area contributed by atoms with E-state index in [1.165, 1.54) is 0 Å². The molecule has 0 fully saturated rings. The lowest BCUT2D eigenvalue weighted by atomic mass is 10.1. The highest BCUT2D eigenvalue weighted by Gasteiger charge is 2.16. The molecule has 0 aromatic heterocycles. The second kappa shape index (κ2) is 5.91. The predicted molar refractivity (Wildman–Crippen MR) is 76.5 cm³/mol. The molecule has 110 valence electrons. The zero-order valence-corrected chi connectivity index (χ0v) is 11.7. The van der Waals surface area contributed by atoms with Gasteiger partial charge in [-0.05, 0) is 31.5 Å². The standard InChI is InChI=1S/C16H15F2NO2/c1-9-3-5-11(6-4-9)10(2)19-15-13(17)7-12(16(20)21)8-14(15)18/h3-8,10,19H,1-2H3,(H,20,21). The van der Waals surface area contributed by atoms with Crippen LogP contribution in [0, 0.1) is 18.6 Å². The third-order valence-electron chi connectivity index (χ3n) is 3.23. The lowest BCUT2D eigenvalue weighted by molar-refractivity contribution is 0.0696. The highest BCUT2D eigenvalue weighted by Crippen LogP contribution is 2.26. The number of carboxylic acids is 1. The highest BCUT2D eigenvalue weighted by atomic mass is 19.1. The fourth-order valence-electron chi connectivity index (χ4n) is 1.99. The smallest absolute Gasteiger partial charge is 0.335 e. The average molecular weight is 291 g/mol. The molecular formula is C16H15F2NO2. The minimum absolute atomic E-state index is 0.315. The van der Waals surface area contributed by atoms with Gasteiger partial charge in [-0.2, -0.15) is 0 Å². The largest absolute Gasteiger partial charge is 0.478 e. The first-order chi connectivity index (χ1) is 9.88. The summed E-state index contributed by atoms with van der Waals surface area (Å²) < 4.78 is 27.7. The number of nitrogens with one attached hydrogen (secondary N) is 1. The van der Waals surface area contributed by atoms with Gasteiger partial charge in [0.15, 0.2) is 0 Å². The van der Waals surface area contributed by atoms with E-state index in [4.69, 9.17) is 5.11 Å². The number of carboxylic acid groups (broad SMARTS) is 1. The molecular weight excluding hydrogens is 276 g/mol. The van der Waals surface area contributed by atoms with Crippen molar-refractivity contribution >= 4 is 11.7 Å². The molecule has 0 heterocycles. The Morgan fingerprint density at radius 3 is 2.14 bits per heavy atom. The lowest BCUT2D eigenvalue weighted by Gasteiger charge is -2.17. The number of benzene rings is 2. The van der Waals surface area contributed by atoms with E-state index < -0.39 is 23.2 Å². The number of anilines is 1. The monoisotopic (exact) mass is 291 g/mol. The number of hydrogen-bond donors (Lipinski definition) is 2. The second-order valence-electron chi connectivity index (χ2n) is 4.90. The highest BCUT2D eigenvalue weighted by molar-refractivity contribution is 5.88. The van der Waals surface area contributed by atoms with Crippen molar-refractivity contribution < 1.29 is 18.7 Å². The normalized spacial score (nSPS) is 12.0. The first kappa shape index (κ1) is 15.0. The molecule has 5 heteroatoms. The molecule has 3 nitrogen and oxygen atoms in total. The van der Waals surface area contributed by atoms with Crippen LogP contribution in [0.1, 0.15) is 34.5 Å². The topological polar surface area (TPSA) is 49.3 Å². The van der Waals surface area contributed by atoms with Crippen molar-refractivity contribution in [2.45, 2.75) is 19.9 Å². The van der Waals surface area contributed by atoms with Crippen molar-refractivity contribution in [2.24, 2.45) is 0 Å². The van der Waals surface area contributed by atoms with E-state index in [1.54, 1.807) is 6.92 Å². The summed E-state index contributed by atoms with van der Waals surface area (Å²) in [5, 5.41) is 11.5. The first-order valence-electron chi connectivity index (χ1n) is 6.44. The zero-order valence-electron chi connectivity index (χ0n) is 11.7. The van der Waals surface area contributed by atoms with Crippen molar-refractivity contribution in [3.63, 3.8) is 0 Å².